The lowest BCUT2D eigenvalue weighted by molar-refractivity contribution is 0.0649. The van der Waals surface area contributed by atoms with Gasteiger partial charge in [-0.3, -0.25) is 4.79 Å². The molecule has 2 heterocycles. The topological polar surface area (TPSA) is 38.1 Å². The highest BCUT2D eigenvalue weighted by atomic mass is 16.2. The van der Waals surface area contributed by atoms with Crippen molar-refractivity contribution in [2.24, 2.45) is 0 Å². The number of benzene rings is 1. The van der Waals surface area contributed by atoms with E-state index in [9.17, 15) is 4.79 Å². The molecule has 0 radical (unpaired) electrons. The summed E-state index contributed by atoms with van der Waals surface area (Å²) in [7, 11) is 1.87. The van der Waals surface area contributed by atoms with Crippen LogP contribution in [0.5, 0.6) is 0 Å². The second-order valence-electron chi connectivity index (χ2n) is 7.59. The Morgan fingerprint density at radius 3 is 2.50 bits per heavy atom. The smallest absolute Gasteiger partial charge is 0.274 e. The summed E-state index contributed by atoms with van der Waals surface area (Å²) in [5, 5.41) is 0. The van der Waals surface area contributed by atoms with Gasteiger partial charge in [0.2, 0.25) is 0 Å². The molecule has 128 valence electrons. The molecule has 1 aromatic carbocycles. The van der Waals surface area contributed by atoms with Crippen molar-refractivity contribution in [1.82, 2.24) is 14.5 Å². The minimum Gasteiger partial charge on any atom is -0.335 e. The van der Waals surface area contributed by atoms with Gasteiger partial charge >= 0.3 is 0 Å². The number of carbonyl (C=O) groups excluding carboxylic acids is 1. The monoisotopic (exact) mass is 325 g/mol. The summed E-state index contributed by atoms with van der Waals surface area (Å²) < 4.78 is 2.27. The molecule has 0 atom stereocenters. The summed E-state index contributed by atoms with van der Waals surface area (Å²) in [4.78, 5) is 19.7. The molecule has 0 unspecified atom stereocenters. The van der Waals surface area contributed by atoms with E-state index in [1.54, 1.807) is 4.90 Å². The van der Waals surface area contributed by atoms with Crippen LogP contribution in [0.4, 0.5) is 0 Å². The molecular weight excluding hydrogens is 298 g/mol. The zero-order valence-electron chi connectivity index (χ0n) is 15.2. The normalized spacial score (nSPS) is 14.8. The quantitative estimate of drug-likeness (QED) is 0.832. The summed E-state index contributed by atoms with van der Waals surface area (Å²) in [6, 6.07) is 10.2. The average Bonchev–Trinajstić information content (AvgIpc) is 2.75. The van der Waals surface area contributed by atoms with Crippen LogP contribution in [0.3, 0.4) is 0 Å². The number of fused-ring (bicyclic) bond motifs is 1. The fourth-order valence-corrected chi connectivity index (χ4v) is 3.16. The average molecular weight is 325 g/mol. The third-order valence-electron chi connectivity index (χ3n) is 4.91. The van der Waals surface area contributed by atoms with Crippen LogP contribution in [0, 0.1) is 0 Å². The first-order valence-electron chi connectivity index (χ1n) is 8.82. The minimum absolute atomic E-state index is 0.0235. The molecule has 0 saturated carbocycles. The van der Waals surface area contributed by atoms with Gasteiger partial charge in [0.15, 0.2) is 0 Å². The Morgan fingerprint density at radius 2 is 1.83 bits per heavy atom. The van der Waals surface area contributed by atoms with Gasteiger partial charge in [0.25, 0.3) is 5.91 Å². The lowest BCUT2D eigenvalue weighted by Gasteiger charge is -2.31. The van der Waals surface area contributed by atoms with Gasteiger partial charge in [0, 0.05) is 24.7 Å². The van der Waals surface area contributed by atoms with Crippen LogP contribution < -0.4 is 0 Å². The van der Waals surface area contributed by atoms with E-state index in [1.165, 1.54) is 6.42 Å². The summed E-state index contributed by atoms with van der Waals surface area (Å²) in [5.41, 5.74) is 2.60. The molecule has 0 bridgehead atoms. The van der Waals surface area contributed by atoms with Crippen LogP contribution in [-0.2, 0) is 13.0 Å². The van der Waals surface area contributed by atoms with E-state index < -0.39 is 0 Å². The fourth-order valence-electron chi connectivity index (χ4n) is 3.16. The molecule has 4 heteroatoms. The van der Waals surface area contributed by atoms with Crippen LogP contribution in [0.25, 0.3) is 11.4 Å². The van der Waals surface area contributed by atoms with Crippen molar-refractivity contribution in [3.05, 3.63) is 41.7 Å². The maximum absolute atomic E-state index is 13.1. The lowest BCUT2D eigenvalue weighted by atomic mass is 10.1. The van der Waals surface area contributed by atoms with Crippen molar-refractivity contribution in [2.75, 3.05) is 7.05 Å². The predicted molar refractivity (Wildman–Crippen MR) is 97.1 cm³/mol. The predicted octanol–water partition coefficient (Wildman–Crippen LogP) is 4.15. The van der Waals surface area contributed by atoms with Crippen molar-refractivity contribution in [1.29, 1.82) is 0 Å². The zero-order valence-corrected chi connectivity index (χ0v) is 15.2. The number of nitrogens with zero attached hydrogens (tertiary/aromatic N) is 3. The highest BCUT2D eigenvalue weighted by Crippen LogP contribution is 2.28. The maximum Gasteiger partial charge on any atom is 0.274 e. The Kier molecular flexibility index (Phi) is 4.48. The number of hydrogen-bond donors (Lipinski definition) is 0. The van der Waals surface area contributed by atoms with Crippen molar-refractivity contribution < 1.29 is 4.79 Å². The van der Waals surface area contributed by atoms with Crippen LogP contribution >= 0.6 is 0 Å². The van der Waals surface area contributed by atoms with Gasteiger partial charge in [-0.05, 0) is 40.0 Å². The van der Waals surface area contributed by atoms with E-state index >= 15 is 0 Å². The zero-order chi connectivity index (χ0) is 17.3. The van der Waals surface area contributed by atoms with Crippen LogP contribution in [-0.4, -0.2) is 32.9 Å². The van der Waals surface area contributed by atoms with E-state index in [4.69, 9.17) is 4.98 Å². The van der Waals surface area contributed by atoms with E-state index in [1.807, 2.05) is 25.2 Å². The number of aromatic nitrogens is 2. The third kappa shape index (κ3) is 3.10. The van der Waals surface area contributed by atoms with Gasteiger partial charge < -0.3 is 9.47 Å². The summed E-state index contributed by atoms with van der Waals surface area (Å²) in [6.45, 7) is 7.10. The number of imidazole rings is 1. The number of rotatable bonds is 2. The minimum atomic E-state index is -0.217. The Bertz CT molecular complexity index is 725. The van der Waals surface area contributed by atoms with Gasteiger partial charge in [0.05, 0.1) is 5.69 Å². The first-order valence-corrected chi connectivity index (χ1v) is 8.82. The molecule has 0 N–H and O–H groups in total. The molecule has 1 aliphatic rings. The summed E-state index contributed by atoms with van der Waals surface area (Å²) in [5.74, 6) is 0.952. The maximum atomic E-state index is 13.1. The highest BCUT2D eigenvalue weighted by molar-refractivity contribution is 5.94. The number of amides is 1. The number of hydrogen-bond acceptors (Lipinski definition) is 2. The molecule has 1 aromatic heterocycles. The van der Waals surface area contributed by atoms with Gasteiger partial charge in [-0.25, -0.2) is 4.98 Å². The van der Waals surface area contributed by atoms with Crippen molar-refractivity contribution in [2.45, 2.75) is 58.5 Å². The SMILES string of the molecule is CN(C(=O)c1nc(-c2ccccc2)n2c1CCCCC2)C(C)(C)C. The second-order valence-corrected chi connectivity index (χ2v) is 7.59. The largest absolute Gasteiger partial charge is 0.335 e. The van der Waals surface area contributed by atoms with Crippen molar-refractivity contribution in [3.63, 3.8) is 0 Å². The van der Waals surface area contributed by atoms with Crippen LogP contribution in [0.2, 0.25) is 0 Å². The van der Waals surface area contributed by atoms with Crippen molar-refractivity contribution in [3.8, 4) is 11.4 Å². The van der Waals surface area contributed by atoms with E-state index in [2.05, 4.69) is 37.5 Å². The molecule has 0 saturated heterocycles. The summed E-state index contributed by atoms with van der Waals surface area (Å²) in [6.07, 6.45) is 4.41. The van der Waals surface area contributed by atoms with Crippen molar-refractivity contribution >= 4 is 5.91 Å². The molecule has 24 heavy (non-hydrogen) atoms. The number of carbonyl (C=O) groups is 1. The van der Waals surface area contributed by atoms with Gasteiger partial charge in [-0.2, -0.15) is 0 Å². The van der Waals surface area contributed by atoms with Crippen LogP contribution in [0.1, 0.15) is 56.2 Å². The molecule has 3 rings (SSSR count). The standard InChI is InChI=1S/C20H27N3O/c1-20(2,3)22(4)19(24)17-16-13-9-6-10-14-23(16)18(21-17)15-11-7-5-8-12-15/h5,7-8,11-12H,6,9-10,13-14H2,1-4H3. The van der Waals surface area contributed by atoms with E-state index in [0.29, 0.717) is 5.69 Å². The summed E-state index contributed by atoms with van der Waals surface area (Å²) >= 11 is 0. The first-order chi connectivity index (χ1) is 11.4. The first kappa shape index (κ1) is 16.7. The molecular formula is C20H27N3O. The molecule has 0 aliphatic carbocycles. The van der Waals surface area contributed by atoms with E-state index in [0.717, 1.165) is 42.9 Å². The van der Waals surface area contributed by atoms with Gasteiger partial charge in [-0.15, -0.1) is 0 Å². The molecule has 1 amide bonds. The molecule has 2 aromatic rings. The van der Waals surface area contributed by atoms with E-state index in [-0.39, 0.29) is 11.4 Å². The third-order valence-corrected chi connectivity index (χ3v) is 4.91. The molecule has 4 nitrogen and oxygen atoms in total. The van der Waals surface area contributed by atoms with Gasteiger partial charge in [-0.1, -0.05) is 36.8 Å². The Morgan fingerprint density at radius 1 is 1.12 bits per heavy atom. The Labute approximate surface area is 144 Å². The Balaban J connectivity index is 2.10. The molecule has 0 fully saturated rings. The van der Waals surface area contributed by atoms with Crippen LogP contribution in [0.15, 0.2) is 30.3 Å². The molecule has 0 spiro atoms. The fraction of sp³-hybridized carbons (Fsp3) is 0.500. The Hall–Kier alpha value is -2.10. The molecule has 1 aliphatic heterocycles. The lowest BCUT2D eigenvalue weighted by Crippen LogP contribution is -2.43. The highest BCUT2D eigenvalue weighted by Gasteiger charge is 2.30. The van der Waals surface area contributed by atoms with Gasteiger partial charge in [0.1, 0.15) is 11.5 Å². The second kappa shape index (κ2) is 6.42.